The summed E-state index contributed by atoms with van der Waals surface area (Å²) in [5, 5.41) is 17.1. The monoisotopic (exact) mass is 476 g/mol. The lowest BCUT2D eigenvalue weighted by Crippen LogP contribution is -2.36. The first kappa shape index (κ1) is 23.3. The largest absolute Gasteiger partial charge is 0.494 e. The second-order valence-corrected chi connectivity index (χ2v) is 10.1. The lowest BCUT2D eigenvalue weighted by atomic mass is 10.1. The standard InChI is InChI=1S/C25H24N4O4S/c1-2-33-23-10-8-18(9-11-23)24-20(16-29(28-24)22-6-4-3-5-7-22)14-19(15-26)25(30)27-21-12-13-34(31,32)17-21/h3-11,14,16,21H,2,12-13,17H2,1H3,(H,27,30)/b19-14-/t21-/m1/s1. The Hall–Kier alpha value is -3.90. The Morgan fingerprint density at radius 2 is 1.97 bits per heavy atom. The Morgan fingerprint density at radius 1 is 1.24 bits per heavy atom. The van der Waals surface area contributed by atoms with Crippen LogP contribution in [0.15, 0.2) is 66.4 Å². The summed E-state index contributed by atoms with van der Waals surface area (Å²) in [7, 11) is -3.15. The molecule has 1 saturated heterocycles. The molecule has 0 unspecified atom stereocenters. The highest BCUT2D eigenvalue weighted by Crippen LogP contribution is 2.27. The molecule has 0 aliphatic carbocycles. The number of aromatic nitrogens is 2. The van der Waals surface area contributed by atoms with Crippen LogP contribution in [-0.4, -0.2) is 48.3 Å². The summed E-state index contributed by atoms with van der Waals surface area (Å²) < 4.78 is 30.6. The van der Waals surface area contributed by atoms with Crippen molar-refractivity contribution in [3.05, 3.63) is 71.9 Å². The van der Waals surface area contributed by atoms with Crippen molar-refractivity contribution in [1.82, 2.24) is 15.1 Å². The molecule has 34 heavy (non-hydrogen) atoms. The van der Waals surface area contributed by atoms with Crippen molar-refractivity contribution in [1.29, 1.82) is 5.26 Å². The molecule has 0 radical (unpaired) electrons. The molecule has 1 aliphatic rings. The number of hydrogen-bond donors (Lipinski definition) is 1. The Labute approximate surface area is 198 Å². The van der Waals surface area contributed by atoms with Gasteiger partial charge in [-0.3, -0.25) is 4.79 Å². The Morgan fingerprint density at radius 3 is 2.59 bits per heavy atom. The van der Waals surface area contributed by atoms with Crippen LogP contribution in [0.2, 0.25) is 0 Å². The van der Waals surface area contributed by atoms with Gasteiger partial charge < -0.3 is 10.1 Å². The lowest BCUT2D eigenvalue weighted by molar-refractivity contribution is -0.117. The van der Waals surface area contributed by atoms with E-state index in [1.165, 1.54) is 6.08 Å². The van der Waals surface area contributed by atoms with Crippen molar-refractivity contribution in [2.45, 2.75) is 19.4 Å². The molecule has 1 atom stereocenters. The van der Waals surface area contributed by atoms with Gasteiger partial charge in [0.1, 0.15) is 17.4 Å². The van der Waals surface area contributed by atoms with E-state index in [0.29, 0.717) is 24.3 Å². The molecule has 0 saturated carbocycles. The summed E-state index contributed by atoms with van der Waals surface area (Å²) in [6.07, 6.45) is 3.58. The zero-order valence-corrected chi connectivity index (χ0v) is 19.5. The Bertz CT molecular complexity index is 1350. The van der Waals surface area contributed by atoms with Crippen LogP contribution in [0.4, 0.5) is 0 Å². The zero-order chi connectivity index (χ0) is 24.1. The number of benzene rings is 2. The first-order valence-corrected chi connectivity index (χ1v) is 12.7. The predicted octanol–water partition coefficient (Wildman–Crippen LogP) is 3.15. The van der Waals surface area contributed by atoms with Gasteiger partial charge in [0.05, 0.1) is 29.5 Å². The van der Waals surface area contributed by atoms with Gasteiger partial charge >= 0.3 is 0 Å². The number of ether oxygens (including phenoxy) is 1. The van der Waals surface area contributed by atoms with Crippen molar-refractivity contribution >= 4 is 21.8 Å². The molecule has 0 spiro atoms. The molecule has 0 bridgehead atoms. The minimum atomic E-state index is -3.15. The molecule has 9 heteroatoms. The van der Waals surface area contributed by atoms with Gasteiger partial charge in [-0.15, -0.1) is 0 Å². The molecule has 1 amide bonds. The van der Waals surface area contributed by atoms with Crippen LogP contribution in [0.5, 0.6) is 5.75 Å². The minimum absolute atomic E-state index is 0.0370. The Kier molecular flexibility index (Phi) is 6.80. The summed E-state index contributed by atoms with van der Waals surface area (Å²) in [5.41, 5.74) is 2.68. The van der Waals surface area contributed by atoms with E-state index in [9.17, 15) is 18.5 Å². The molecule has 2 aromatic carbocycles. The van der Waals surface area contributed by atoms with Crippen LogP contribution < -0.4 is 10.1 Å². The van der Waals surface area contributed by atoms with E-state index in [0.717, 1.165) is 17.0 Å². The number of amides is 1. The number of carbonyl (C=O) groups is 1. The van der Waals surface area contributed by atoms with Gasteiger partial charge in [-0.1, -0.05) is 18.2 Å². The molecule has 174 valence electrons. The molecule has 3 aromatic rings. The SMILES string of the molecule is CCOc1ccc(-c2nn(-c3ccccc3)cc2/C=C(/C#N)C(=O)N[C@@H]2CCS(=O)(=O)C2)cc1. The van der Waals surface area contributed by atoms with E-state index in [4.69, 9.17) is 9.84 Å². The van der Waals surface area contributed by atoms with Crippen LogP contribution in [0.3, 0.4) is 0 Å². The highest BCUT2D eigenvalue weighted by atomic mass is 32.2. The highest BCUT2D eigenvalue weighted by Gasteiger charge is 2.29. The van der Waals surface area contributed by atoms with E-state index >= 15 is 0 Å². The third-order valence-corrected chi connectivity index (χ3v) is 7.20. The maximum absolute atomic E-state index is 12.7. The fourth-order valence-electron chi connectivity index (χ4n) is 3.78. The van der Waals surface area contributed by atoms with Gasteiger partial charge in [-0.25, -0.2) is 13.1 Å². The van der Waals surface area contributed by atoms with Crippen molar-refractivity contribution in [3.63, 3.8) is 0 Å². The average molecular weight is 477 g/mol. The van der Waals surface area contributed by atoms with Crippen molar-refractivity contribution < 1.29 is 17.9 Å². The first-order valence-electron chi connectivity index (χ1n) is 10.9. The fraction of sp³-hybridized carbons (Fsp3) is 0.240. The number of nitrogens with zero attached hydrogens (tertiary/aromatic N) is 3. The molecule has 2 heterocycles. The van der Waals surface area contributed by atoms with E-state index in [-0.39, 0.29) is 17.1 Å². The third-order valence-electron chi connectivity index (χ3n) is 5.43. The van der Waals surface area contributed by atoms with Crippen LogP contribution in [0.25, 0.3) is 23.0 Å². The smallest absolute Gasteiger partial charge is 0.262 e. The van der Waals surface area contributed by atoms with Gasteiger partial charge in [-0.05, 0) is 55.8 Å². The number of para-hydroxylation sites is 1. The van der Waals surface area contributed by atoms with Crippen LogP contribution >= 0.6 is 0 Å². The number of carbonyl (C=O) groups excluding carboxylic acids is 1. The van der Waals surface area contributed by atoms with Gasteiger partial charge in [-0.2, -0.15) is 10.4 Å². The summed E-state index contributed by atoms with van der Waals surface area (Å²) in [6.45, 7) is 2.46. The fourth-order valence-corrected chi connectivity index (χ4v) is 5.46. The van der Waals surface area contributed by atoms with Gasteiger partial charge in [0.25, 0.3) is 5.91 Å². The average Bonchev–Trinajstić information content (AvgIpc) is 3.41. The maximum atomic E-state index is 12.7. The van der Waals surface area contributed by atoms with E-state index in [1.54, 1.807) is 10.9 Å². The topological polar surface area (TPSA) is 114 Å². The molecule has 4 rings (SSSR count). The maximum Gasteiger partial charge on any atom is 0.262 e. The molecule has 1 N–H and O–H groups in total. The highest BCUT2D eigenvalue weighted by molar-refractivity contribution is 7.91. The number of hydrogen-bond acceptors (Lipinski definition) is 6. The van der Waals surface area contributed by atoms with Gasteiger partial charge in [0, 0.05) is 23.4 Å². The minimum Gasteiger partial charge on any atom is -0.494 e. The summed E-state index contributed by atoms with van der Waals surface area (Å²) >= 11 is 0. The van der Waals surface area contributed by atoms with Crippen molar-refractivity contribution in [2.24, 2.45) is 0 Å². The van der Waals surface area contributed by atoms with Crippen molar-refractivity contribution in [2.75, 3.05) is 18.1 Å². The van der Waals surface area contributed by atoms with E-state index in [1.807, 2.05) is 67.6 Å². The third kappa shape index (κ3) is 5.35. The second-order valence-electron chi connectivity index (χ2n) is 7.91. The van der Waals surface area contributed by atoms with Crippen molar-refractivity contribution in [3.8, 4) is 28.8 Å². The number of nitriles is 1. The quantitative estimate of drug-likeness (QED) is 0.414. The summed E-state index contributed by atoms with van der Waals surface area (Å²) in [4.78, 5) is 12.7. The zero-order valence-electron chi connectivity index (χ0n) is 18.6. The summed E-state index contributed by atoms with van der Waals surface area (Å²) in [5.74, 6) is 0.0555. The second kappa shape index (κ2) is 9.93. The number of nitrogens with one attached hydrogen (secondary N) is 1. The summed E-state index contributed by atoms with van der Waals surface area (Å²) in [6, 6.07) is 18.4. The van der Waals surface area contributed by atoms with E-state index < -0.39 is 21.8 Å². The molecular formula is C25H24N4O4S. The molecule has 1 aliphatic heterocycles. The van der Waals surface area contributed by atoms with Crippen LogP contribution in [0.1, 0.15) is 18.9 Å². The first-order chi connectivity index (χ1) is 16.4. The lowest BCUT2D eigenvalue weighted by Gasteiger charge is -2.10. The predicted molar refractivity (Wildman–Crippen MR) is 129 cm³/mol. The number of sulfone groups is 1. The Balaban J connectivity index is 1.69. The molecule has 8 nitrogen and oxygen atoms in total. The van der Waals surface area contributed by atoms with Gasteiger partial charge in [0.15, 0.2) is 9.84 Å². The number of rotatable bonds is 7. The van der Waals surface area contributed by atoms with E-state index in [2.05, 4.69) is 5.32 Å². The van der Waals surface area contributed by atoms with Crippen LogP contribution in [0, 0.1) is 11.3 Å². The molecular weight excluding hydrogens is 452 g/mol. The normalized spacial score (nSPS) is 17.2. The van der Waals surface area contributed by atoms with Crippen LogP contribution in [-0.2, 0) is 14.6 Å². The molecule has 1 aromatic heterocycles. The van der Waals surface area contributed by atoms with Gasteiger partial charge in [0.2, 0.25) is 0 Å². The molecule has 1 fully saturated rings.